The molecule has 0 bridgehead atoms. The summed E-state index contributed by atoms with van der Waals surface area (Å²) < 4.78 is 70.8. The fourth-order valence-corrected chi connectivity index (χ4v) is 5.94. The van der Waals surface area contributed by atoms with Crippen molar-refractivity contribution in [3.05, 3.63) is 71.3 Å². The zero-order chi connectivity index (χ0) is 30.9. The third kappa shape index (κ3) is 10.1. The van der Waals surface area contributed by atoms with E-state index >= 15 is 0 Å². The standard InChI is InChI=1S/C28H37F3N4O6S/c1-18(24(41-2)22-9-6-14-32-22)25(36)34-23(15-19-7-4-3-5-8-19)26(37)35-42(39,40)17-21-12-10-20(11-13-21)16-33-27(38)28(29,30)31/h3-5,7-8,10-13,18,22-24,27,32-33,38H,6,9,14-17H2,1-2H3,(H,34,36)(H,35,37)/t18-,22+,23+,24-,27?/m1/s1. The van der Waals surface area contributed by atoms with E-state index in [0.717, 1.165) is 19.4 Å². The van der Waals surface area contributed by atoms with E-state index in [1.165, 1.54) is 31.4 Å². The Bertz CT molecular complexity index is 1270. The predicted octanol–water partition coefficient (Wildman–Crippen LogP) is 1.73. The molecule has 0 spiro atoms. The maximum Gasteiger partial charge on any atom is 0.427 e. The van der Waals surface area contributed by atoms with E-state index in [2.05, 4.69) is 10.6 Å². The molecule has 1 fully saturated rings. The van der Waals surface area contributed by atoms with Crippen molar-refractivity contribution in [3.8, 4) is 0 Å². The van der Waals surface area contributed by atoms with Crippen LogP contribution in [0.2, 0.25) is 0 Å². The first-order valence-corrected chi connectivity index (χ1v) is 15.1. The first-order chi connectivity index (χ1) is 19.8. The number of aliphatic hydroxyl groups excluding tert-OH is 1. The van der Waals surface area contributed by atoms with Gasteiger partial charge in [0.1, 0.15) is 6.04 Å². The lowest BCUT2D eigenvalue weighted by Gasteiger charge is -2.29. The molecule has 14 heteroatoms. The van der Waals surface area contributed by atoms with E-state index in [1.54, 1.807) is 37.3 Å². The van der Waals surface area contributed by atoms with Crippen LogP contribution in [0.25, 0.3) is 0 Å². The van der Waals surface area contributed by atoms with Crippen molar-refractivity contribution in [2.45, 2.75) is 69.1 Å². The van der Waals surface area contributed by atoms with Crippen molar-refractivity contribution < 1.29 is 41.0 Å². The van der Waals surface area contributed by atoms with Crippen molar-refractivity contribution in [2.75, 3.05) is 13.7 Å². The number of sulfonamides is 1. The minimum Gasteiger partial charge on any atom is -0.379 e. The van der Waals surface area contributed by atoms with Gasteiger partial charge in [-0.2, -0.15) is 13.2 Å². The van der Waals surface area contributed by atoms with E-state index in [0.29, 0.717) is 11.1 Å². The maximum absolute atomic E-state index is 13.2. The molecule has 0 aromatic heterocycles. The molecule has 1 saturated heterocycles. The molecule has 3 rings (SSSR count). The van der Waals surface area contributed by atoms with Gasteiger partial charge >= 0.3 is 6.18 Å². The van der Waals surface area contributed by atoms with Crippen molar-refractivity contribution in [2.24, 2.45) is 5.92 Å². The molecule has 2 amide bonds. The number of hydrogen-bond acceptors (Lipinski definition) is 8. The molecular weight excluding hydrogens is 577 g/mol. The lowest BCUT2D eigenvalue weighted by atomic mass is 9.95. The number of rotatable bonds is 14. The summed E-state index contributed by atoms with van der Waals surface area (Å²) in [6.07, 6.45) is -6.11. The lowest BCUT2D eigenvalue weighted by Crippen LogP contribution is -2.53. The molecule has 0 aliphatic carbocycles. The Labute approximate surface area is 243 Å². The Hall–Kier alpha value is -3.04. The van der Waals surface area contributed by atoms with Crippen LogP contribution in [0.3, 0.4) is 0 Å². The number of amides is 2. The van der Waals surface area contributed by atoms with Crippen LogP contribution in [-0.2, 0) is 43.1 Å². The number of halogens is 3. The van der Waals surface area contributed by atoms with Crippen LogP contribution in [0, 0.1) is 5.92 Å². The minimum atomic E-state index is -4.82. The molecule has 42 heavy (non-hydrogen) atoms. The smallest absolute Gasteiger partial charge is 0.379 e. The van der Waals surface area contributed by atoms with Crippen LogP contribution in [0.5, 0.6) is 0 Å². The quantitative estimate of drug-likeness (QED) is 0.202. The molecular formula is C28H37F3N4O6S. The van der Waals surface area contributed by atoms with Crippen LogP contribution >= 0.6 is 0 Å². The Morgan fingerprint density at radius 3 is 2.26 bits per heavy atom. The Morgan fingerprint density at radius 2 is 1.69 bits per heavy atom. The number of hydrogen-bond donors (Lipinski definition) is 5. The third-order valence-corrected chi connectivity index (χ3v) is 8.26. The topological polar surface area (TPSA) is 146 Å². The molecule has 2 aromatic carbocycles. The van der Waals surface area contributed by atoms with Gasteiger partial charge in [-0.05, 0) is 36.1 Å². The third-order valence-electron chi connectivity index (χ3n) is 7.03. The van der Waals surface area contributed by atoms with Crippen LogP contribution in [-0.4, -0.2) is 69.6 Å². The zero-order valence-electron chi connectivity index (χ0n) is 23.4. The number of alkyl halides is 3. The largest absolute Gasteiger partial charge is 0.427 e. The summed E-state index contributed by atoms with van der Waals surface area (Å²) in [6.45, 7) is 2.21. The highest BCUT2D eigenvalue weighted by atomic mass is 32.2. The number of ether oxygens (including phenoxy) is 1. The number of methoxy groups -OCH3 is 1. The number of carbonyl (C=O) groups excluding carboxylic acids is 2. The van der Waals surface area contributed by atoms with Crippen LogP contribution < -0.4 is 20.7 Å². The van der Waals surface area contributed by atoms with Gasteiger partial charge in [-0.25, -0.2) is 8.42 Å². The van der Waals surface area contributed by atoms with Crippen LogP contribution in [0.15, 0.2) is 54.6 Å². The molecule has 2 aromatic rings. The SMILES string of the molecule is CO[C@@H]([C@@H]1CCCN1)[C@@H](C)C(=O)N[C@@H](Cc1ccccc1)C(=O)NS(=O)(=O)Cc1ccc(CNC(O)C(F)(F)F)cc1. The van der Waals surface area contributed by atoms with Gasteiger partial charge in [0.05, 0.1) is 17.8 Å². The summed E-state index contributed by atoms with van der Waals surface area (Å²) in [5.41, 5.74) is 1.37. The van der Waals surface area contributed by atoms with Crippen molar-refractivity contribution in [1.82, 2.24) is 20.7 Å². The molecule has 1 unspecified atom stereocenters. The Morgan fingerprint density at radius 1 is 1.05 bits per heavy atom. The average molecular weight is 615 g/mol. The van der Waals surface area contributed by atoms with Gasteiger partial charge in [-0.1, -0.05) is 61.5 Å². The molecule has 232 valence electrons. The normalized spacial score (nSPS) is 18.6. The fraction of sp³-hybridized carbons (Fsp3) is 0.500. The van der Waals surface area contributed by atoms with Crippen LogP contribution in [0.1, 0.15) is 36.5 Å². The summed E-state index contributed by atoms with van der Waals surface area (Å²) in [5, 5.41) is 17.0. The second kappa shape index (κ2) is 14.9. The second-order valence-electron chi connectivity index (χ2n) is 10.3. The molecule has 0 radical (unpaired) electrons. The summed E-state index contributed by atoms with van der Waals surface area (Å²) in [6, 6.07) is 13.2. The molecule has 0 saturated carbocycles. The zero-order valence-corrected chi connectivity index (χ0v) is 24.2. The second-order valence-corrected chi connectivity index (χ2v) is 12.0. The first-order valence-electron chi connectivity index (χ1n) is 13.5. The summed E-state index contributed by atoms with van der Waals surface area (Å²) >= 11 is 0. The monoisotopic (exact) mass is 614 g/mol. The van der Waals surface area contributed by atoms with Crippen LogP contribution in [0.4, 0.5) is 13.2 Å². The highest BCUT2D eigenvalue weighted by molar-refractivity contribution is 7.89. The highest BCUT2D eigenvalue weighted by Crippen LogP contribution is 2.20. The van der Waals surface area contributed by atoms with Gasteiger partial charge < -0.3 is 20.5 Å². The van der Waals surface area contributed by atoms with Gasteiger partial charge in [-0.15, -0.1) is 0 Å². The number of carbonyl (C=O) groups is 2. The van der Waals surface area contributed by atoms with E-state index in [4.69, 9.17) is 9.84 Å². The number of aliphatic hydroxyl groups is 1. The van der Waals surface area contributed by atoms with E-state index < -0.39 is 58.1 Å². The van der Waals surface area contributed by atoms with Crippen molar-refractivity contribution >= 4 is 21.8 Å². The van der Waals surface area contributed by atoms with Gasteiger partial charge in [0, 0.05) is 26.1 Å². The van der Waals surface area contributed by atoms with E-state index in [-0.39, 0.29) is 24.6 Å². The molecule has 5 N–H and O–H groups in total. The van der Waals surface area contributed by atoms with Crippen molar-refractivity contribution in [1.29, 1.82) is 0 Å². The highest BCUT2D eigenvalue weighted by Gasteiger charge is 2.38. The minimum absolute atomic E-state index is 0.0191. The van der Waals surface area contributed by atoms with Gasteiger partial charge in [-0.3, -0.25) is 19.6 Å². The maximum atomic E-state index is 13.2. The predicted molar refractivity (Wildman–Crippen MR) is 149 cm³/mol. The summed E-state index contributed by atoms with van der Waals surface area (Å²) in [5.74, 6) is -2.57. The Kier molecular flexibility index (Phi) is 11.9. The molecule has 5 atom stereocenters. The number of benzene rings is 2. The molecule has 1 aliphatic rings. The van der Waals surface area contributed by atoms with E-state index in [9.17, 15) is 31.2 Å². The first kappa shape index (κ1) is 33.5. The van der Waals surface area contributed by atoms with Gasteiger partial charge in [0.15, 0.2) is 0 Å². The number of nitrogens with one attached hydrogen (secondary N) is 4. The Balaban J connectivity index is 1.66. The van der Waals surface area contributed by atoms with E-state index in [1.807, 2.05) is 10.0 Å². The summed E-state index contributed by atoms with van der Waals surface area (Å²) in [7, 11) is -2.69. The molecule has 1 heterocycles. The van der Waals surface area contributed by atoms with Gasteiger partial charge in [0.25, 0.3) is 5.91 Å². The summed E-state index contributed by atoms with van der Waals surface area (Å²) in [4.78, 5) is 26.4. The molecule has 1 aliphatic heterocycles. The van der Waals surface area contributed by atoms with Gasteiger partial charge in [0.2, 0.25) is 22.2 Å². The van der Waals surface area contributed by atoms with Crippen molar-refractivity contribution in [3.63, 3.8) is 0 Å². The average Bonchev–Trinajstić information content (AvgIpc) is 3.46. The lowest BCUT2D eigenvalue weighted by molar-refractivity contribution is -0.213. The molecule has 10 nitrogen and oxygen atoms in total. The fourth-order valence-electron chi connectivity index (χ4n) is 4.78.